The van der Waals surface area contributed by atoms with E-state index >= 15 is 0 Å². The van der Waals surface area contributed by atoms with Gasteiger partial charge in [0.2, 0.25) is 0 Å². The summed E-state index contributed by atoms with van der Waals surface area (Å²) in [7, 11) is 2.20. The summed E-state index contributed by atoms with van der Waals surface area (Å²) in [6.07, 6.45) is 6.38. The van der Waals surface area contributed by atoms with Crippen LogP contribution < -0.4 is 5.73 Å². The molecule has 1 rings (SSSR count). The average molecular weight is 198 g/mol. The predicted molar refractivity (Wildman–Crippen MR) is 62.3 cm³/mol. The molecule has 1 aliphatic rings. The standard InChI is InChI=1S/C12H26N2/c1-11(2)6-9-14(3)10-12(13)7-4-5-8-12/h11H,4-10,13H2,1-3H3. The van der Waals surface area contributed by atoms with Gasteiger partial charge in [-0.15, -0.1) is 0 Å². The molecule has 0 aliphatic heterocycles. The quantitative estimate of drug-likeness (QED) is 0.734. The number of hydrogen-bond acceptors (Lipinski definition) is 2. The number of hydrogen-bond donors (Lipinski definition) is 1. The SMILES string of the molecule is CC(C)CCN(C)CC1(N)CCCC1. The fourth-order valence-electron chi connectivity index (χ4n) is 2.33. The van der Waals surface area contributed by atoms with E-state index < -0.39 is 0 Å². The van der Waals surface area contributed by atoms with Crippen molar-refractivity contribution in [3.05, 3.63) is 0 Å². The highest BCUT2D eigenvalue weighted by Crippen LogP contribution is 2.27. The van der Waals surface area contributed by atoms with Crippen molar-refractivity contribution >= 4 is 0 Å². The van der Waals surface area contributed by atoms with E-state index in [-0.39, 0.29) is 5.54 Å². The van der Waals surface area contributed by atoms with Gasteiger partial charge in [0, 0.05) is 12.1 Å². The lowest BCUT2D eigenvalue weighted by Crippen LogP contribution is -2.47. The number of nitrogens with two attached hydrogens (primary N) is 1. The van der Waals surface area contributed by atoms with E-state index in [1.165, 1.54) is 38.6 Å². The molecule has 1 aliphatic carbocycles. The zero-order valence-electron chi connectivity index (χ0n) is 10.1. The van der Waals surface area contributed by atoms with Crippen molar-refractivity contribution in [2.24, 2.45) is 11.7 Å². The zero-order valence-corrected chi connectivity index (χ0v) is 10.1. The summed E-state index contributed by atoms with van der Waals surface area (Å²) in [4.78, 5) is 2.41. The Morgan fingerprint density at radius 3 is 2.36 bits per heavy atom. The van der Waals surface area contributed by atoms with Gasteiger partial charge in [0.1, 0.15) is 0 Å². The molecule has 0 bridgehead atoms. The Morgan fingerprint density at radius 1 is 1.29 bits per heavy atom. The predicted octanol–water partition coefficient (Wildman–Crippen LogP) is 2.24. The third kappa shape index (κ3) is 3.97. The van der Waals surface area contributed by atoms with Crippen LogP contribution >= 0.6 is 0 Å². The van der Waals surface area contributed by atoms with E-state index in [9.17, 15) is 0 Å². The highest BCUT2D eigenvalue weighted by atomic mass is 15.1. The highest BCUT2D eigenvalue weighted by Gasteiger charge is 2.30. The van der Waals surface area contributed by atoms with Gasteiger partial charge in [-0.3, -0.25) is 0 Å². The van der Waals surface area contributed by atoms with Crippen LogP contribution in [0.4, 0.5) is 0 Å². The maximum absolute atomic E-state index is 6.32. The van der Waals surface area contributed by atoms with Crippen molar-refractivity contribution in [3.63, 3.8) is 0 Å². The first-order valence-electron chi connectivity index (χ1n) is 5.99. The monoisotopic (exact) mass is 198 g/mol. The van der Waals surface area contributed by atoms with Crippen LogP contribution in [-0.4, -0.2) is 30.6 Å². The van der Waals surface area contributed by atoms with Crippen LogP contribution in [0.15, 0.2) is 0 Å². The molecule has 1 fully saturated rings. The zero-order chi connectivity index (χ0) is 10.6. The first-order valence-corrected chi connectivity index (χ1v) is 5.99. The average Bonchev–Trinajstić information content (AvgIpc) is 2.48. The molecule has 2 N–H and O–H groups in total. The van der Waals surface area contributed by atoms with Gasteiger partial charge in [0.05, 0.1) is 0 Å². The van der Waals surface area contributed by atoms with Crippen LogP contribution in [0.3, 0.4) is 0 Å². The molecule has 0 aromatic rings. The third-order valence-electron chi connectivity index (χ3n) is 3.27. The molecule has 0 aromatic carbocycles. The summed E-state index contributed by atoms with van der Waals surface area (Å²) >= 11 is 0. The summed E-state index contributed by atoms with van der Waals surface area (Å²) in [5.74, 6) is 0.801. The van der Waals surface area contributed by atoms with Crippen LogP contribution in [0.2, 0.25) is 0 Å². The van der Waals surface area contributed by atoms with Crippen molar-refractivity contribution in [1.82, 2.24) is 4.90 Å². The second-order valence-corrected chi connectivity index (χ2v) is 5.49. The molecule has 0 heterocycles. The van der Waals surface area contributed by atoms with E-state index in [0.717, 1.165) is 12.5 Å². The molecule has 0 saturated heterocycles. The van der Waals surface area contributed by atoms with Crippen LogP contribution in [0.25, 0.3) is 0 Å². The highest BCUT2D eigenvalue weighted by molar-refractivity contribution is 4.91. The van der Waals surface area contributed by atoms with Gasteiger partial charge in [-0.2, -0.15) is 0 Å². The second-order valence-electron chi connectivity index (χ2n) is 5.49. The lowest BCUT2D eigenvalue weighted by atomic mass is 9.98. The normalized spacial score (nSPS) is 21.0. The molecular formula is C12H26N2. The largest absolute Gasteiger partial charge is 0.324 e. The first-order chi connectivity index (χ1) is 6.52. The molecule has 14 heavy (non-hydrogen) atoms. The number of rotatable bonds is 5. The van der Waals surface area contributed by atoms with Gasteiger partial charge >= 0.3 is 0 Å². The van der Waals surface area contributed by atoms with Gasteiger partial charge in [0.25, 0.3) is 0 Å². The second kappa shape index (κ2) is 5.13. The summed E-state index contributed by atoms with van der Waals surface area (Å²) in [5, 5.41) is 0. The van der Waals surface area contributed by atoms with E-state index in [4.69, 9.17) is 5.73 Å². The third-order valence-corrected chi connectivity index (χ3v) is 3.27. The molecule has 0 amide bonds. The molecule has 1 saturated carbocycles. The molecule has 0 spiro atoms. The fourth-order valence-corrected chi connectivity index (χ4v) is 2.33. The molecule has 2 nitrogen and oxygen atoms in total. The Labute approximate surface area is 88.8 Å². The maximum Gasteiger partial charge on any atom is 0.0283 e. The topological polar surface area (TPSA) is 29.3 Å². The molecule has 0 atom stereocenters. The van der Waals surface area contributed by atoms with Crippen LogP contribution in [0.1, 0.15) is 46.0 Å². The van der Waals surface area contributed by atoms with Gasteiger partial charge in [-0.25, -0.2) is 0 Å². The van der Waals surface area contributed by atoms with Crippen molar-refractivity contribution in [2.75, 3.05) is 20.1 Å². The van der Waals surface area contributed by atoms with E-state index in [2.05, 4.69) is 25.8 Å². The molecule has 0 radical (unpaired) electrons. The molecule has 84 valence electrons. The van der Waals surface area contributed by atoms with Crippen molar-refractivity contribution < 1.29 is 0 Å². The first kappa shape index (κ1) is 12.0. The summed E-state index contributed by atoms with van der Waals surface area (Å²) < 4.78 is 0. The Bertz CT molecular complexity index is 160. The Kier molecular flexibility index (Phi) is 4.39. The van der Waals surface area contributed by atoms with Crippen molar-refractivity contribution in [2.45, 2.75) is 51.5 Å². The van der Waals surface area contributed by atoms with Gasteiger partial charge < -0.3 is 10.6 Å². The van der Waals surface area contributed by atoms with Gasteiger partial charge in [-0.05, 0) is 38.8 Å². The summed E-state index contributed by atoms with van der Waals surface area (Å²) in [6, 6.07) is 0. The fraction of sp³-hybridized carbons (Fsp3) is 1.00. The van der Waals surface area contributed by atoms with Crippen molar-refractivity contribution in [1.29, 1.82) is 0 Å². The Hall–Kier alpha value is -0.0800. The van der Waals surface area contributed by atoms with E-state index in [0.29, 0.717) is 0 Å². The molecule has 0 aromatic heterocycles. The maximum atomic E-state index is 6.32. The van der Waals surface area contributed by atoms with Gasteiger partial charge in [0.15, 0.2) is 0 Å². The number of likely N-dealkylation sites (N-methyl/N-ethyl adjacent to an activating group) is 1. The van der Waals surface area contributed by atoms with E-state index in [1.54, 1.807) is 0 Å². The summed E-state index contributed by atoms with van der Waals surface area (Å²) in [5.41, 5.74) is 6.46. The smallest absolute Gasteiger partial charge is 0.0283 e. The summed E-state index contributed by atoms with van der Waals surface area (Å²) in [6.45, 7) is 6.83. The molecule has 0 unspecified atom stereocenters. The molecular weight excluding hydrogens is 172 g/mol. The van der Waals surface area contributed by atoms with Crippen molar-refractivity contribution in [3.8, 4) is 0 Å². The van der Waals surface area contributed by atoms with Crippen LogP contribution in [0, 0.1) is 5.92 Å². The van der Waals surface area contributed by atoms with Gasteiger partial charge in [-0.1, -0.05) is 26.7 Å². The molecule has 2 heteroatoms. The number of nitrogens with zero attached hydrogens (tertiary/aromatic N) is 1. The Balaban J connectivity index is 2.21. The lowest BCUT2D eigenvalue weighted by molar-refractivity contribution is 0.237. The minimum Gasteiger partial charge on any atom is -0.324 e. The minimum absolute atomic E-state index is 0.131. The van der Waals surface area contributed by atoms with Crippen LogP contribution in [0.5, 0.6) is 0 Å². The minimum atomic E-state index is 0.131. The Morgan fingerprint density at radius 2 is 1.86 bits per heavy atom. The van der Waals surface area contributed by atoms with Crippen LogP contribution in [-0.2, 0) is 0 Å². The lowest BCUT2D eigenvalue weighted by Gasteiger charge is -2.30. The van der Waals surface area contributed by atoms with E-state index in [1.807, 2.05) is 0 Å².